The van der Waals surface area contributed by atoms with E-state index in [1.165, 1.54) is 17.8 Å². The van der Waals surface area contributed by atoms with Gasteiger partial charge in [0.2, 0.25) is 5.91 Å². The van der Waals surface area contributed by atoms with E-state index in [0.29, 0.717) is 16.5 Å². The van der Waals surface area contributed by atoms with Crippen molar-refractivity contribution in [3.05, 3.63) is 16.0 Å². The molecule has 1 amide bonds. The molecule has 0 saturated heterocycles. The highest BCUT2D eigenvalue weighted by Crippen LogP contribution is 2.40. The van der Waals surface area contributed by atoms with Gasteiger partial charge < -0.3 is 10.4 Å². The number of thiophene rings is 1. The largest absolute Gasteiger partial charge is 0.478 e. The number of hydrogen-bond donors (Lipinski definition) is 2. The average Bonchev–Trinajstić information content (AvgIpc) is 2.85. The lowest BCUT2D eigenvalue weighted by Crippen LogP contribution is -2.25. The number of hydrogen-bond acceptors (Lipinski definition) is 3. The fraction of sp³-hybridized carbons (Fsp3) is 0.647. The molecule has 1 heterocycles. The van der Waals surface area contributed by atoms with E-state index >= 15 is 0 Å². The number of carbonyl (C=O) groups excluding carboxylic acids is 1. The highest BCUT2D eigenvalue weighted by atomic mass is 32.1. The van der Waals surface area contributed by atoms with Gasteiger partial charge in [-0.15, -0.1) is 11.3 Å². The van der Waals surface area contributed by atoms with Crippen LogP contribution in [0.4, 0.5) is 5.00 Å². The molecule has 1 fully saturated rings. The molecule has 0 bridgehead atoms. The second kappa shape index (κ2) is 6.41. The van der Waals surface area contributed by atoms with Crippen LogP contribution in [0.2, 0.25) is 0 Å². The van der Waals surface area contributed by atoms with Crippen molar-refractivity contribution in [2.24, 2.45) is 11.8 Å². The van der Waals surface area contributed by atoms with Crippen LogP contribution in [-0.2, 0) is 17.6 Å². The van der Waals surface area contributed by atoms with E-state index in [9.17, 15) is 14.7 Å². The second-order valence-corrected chi connectivity index (χ2v) is 7.79. The molecule has 0 radical (unpaired) electrons. The Balaban J connectivity index is 1.83. The Morgan fingerprint density at radius 3 is 2.59 bits per heavy atom. The smallest absolute Gasteiger partial charge is 0.339 e. The lowest BCUT2D eigenvalue weighted by atomic mass is 9.88. The molecule has 2 aliphatic rings. The zero-order valence-electron chi connectivity index (χ0n) is 13.0. The minimum Gasteiger partial charge on any atom is -0.478 e. The molecule has 1 aromatic rings. The SMILES string of the molecule is CC1CCc2c(sc(NC(=O)C3CCCCC3)c2C(=O)O)C1. The van der Waals surface area contributed by atoms with Crippen LogP contribution in [0.15, 0.2) is 0 Å². The quantitative estimate of drug-likeness (QED) is 0.881. The van der Waals surface area contributed by atoms with Crippen LogP contribution < -0.4 is 5.32 Å². The Kier molecular flexibility index (Phi) is 4.52. The third-order valence-electron chi connectivity index (χ3n) is 4.94. The molecule has 1 unspecified atom stereocenters. The summed E-state index contributed by atoms with van der Waals surface area (Å²) in [6, 6.07) is 0. The van der Waals surface area contributed by atoms with Crippen LogP contribution in [-0.4, -0.2) is 17.0 Å². The zero-order chi connectivity index (χ0) is 15.7. The molecule has 1 atom stereocenters. The van der Waals surface area contributed by atoms with Crippen LogP contribution in [0.1, 0.15) is 66.2 Å². The predicted molar refractivity (Wildman–Crippen MR) is 87.7 cm³/mol. The van der Waals surface area contributed by atoms with Gasteiger partial charge in [0, 0.05) is 10.8 Å². The number of amides is 1. The van der Waals surface area contributed by atoms with Gasteiger partial charge in [0.15, 0.2) is 0 Å². The predicted octanol–water partition coefficient (Wildman–Crippen LogP) is 4.09. The summed E-state index contributed by atoms with van der Waals surface area (Å²) in [7, 11) is 0. The van der Waals surface area contributed by atoms with Gasteiger partial charge in [-0.3, -0.25) is 4.79 Å². The molecule has 3 rings (SSSR count). The van der Waals surface area contributed by atoms with Crippen molar-refractivity contribution in [3.8, 4) is 0 Å². The van der Waals surface area contributed by atoms with Gasteiger partial charge >= 0.3 is 5.97 Å². The van der Waals surface area contributed by atoms with Crippen LogP contribution in [0.3, 0.4) is 0 Å². The number of rotatable bonds is 3. The van der Waals surface area contributed by atoms with Gasteiger partial charge in [-0.1, -0.05) is 26.2 Å². The molecule has 2 N–H and O–H groups in total. The third-order valence-corrected chi connectivity index (χ3v) is 6.11. The number of carboxylic acid groups (broad SMARTS) is 1. The van der Waals surface area contributed by atoms with Crippen LogP contribution in [0.25, 0.3) is 0 Å². The van der Waals surface area contributed by atoms with Gasteiger partial charge in [-0.25, -0.2) is 4.79 Å². The first-order chi connectivity index (χ1) is 10.6. The van der Waals surface area contributed by atoms with Crippen molar-refractivity contribution < 1.29 is 14.7 Å². The summed E-state index contributed by atoms with van der Waals surface area (Å²) in [5, 5.41) is 13.0. The summed E-state index contributed by atoms with van der Waals surface area (Å²) in [4.78, 5) is 25.2. The van der Waals surface area contributed by atoms with E-state index < -0.39 is 5.97 Å². The number of carboxylic acids is 1. The fourth-order valence-electron chi connectivity index (χ4n) is 3.64. The van der Waals surface area contributed by atoms with Crippen molar-refractivity contribution in [3.63, 3.8) is 0 Å². The van der Waals surface area contributed by atoms with Gasteiger partial charge in [0.25, 0.3) is 0 Å². The highest BCUT2D eigenvalue weighted by Gasteiger charge is 2.29. The summed E-state index contributed by atoms with van der Waals surface area (Å²) in [5.41, 5.74) is 1.30. The van der Waals surface area contributed by atoms with Gasteiger partial charge in [-0.2, -0.15) is 0 Å². The first-order valence-corrected chi connectivity index (χ1v) is 9.06. The fourth-order valence-corrected chi connectivity index (χ4v) is 5.05. The van der Waals surface area contributed by atoms with Gasteiger partial charge in [-0.05, 0) is 43.6 Å². The minimum absolute atomic E-state index is 0.00819. The molecule has 2 aliphatic carbocycles. The van der Waals surface area contributed by atoms with Crippen LogP contribution >= 0.6 is 11.3 Å². The number of anilines is 1. The molecule has 1 aromatic heterocycles. The summed E-state index contributed by atoms with van der Waals surface area (Å²) in [6.45, 7) is 2.20. The first-order valence-electron chi connectivity index (χ1n) is 8.25. The van der Waals surface area contributed by atoms with E-state index in [-0.39, 0.29) is 11.8 Å². The Labute approximate surface area is 134 Å². The number of carbonyl (C=O) groups is 2. The summed E-state index contributed by atoms with van der Waals surface area (Å²) in [6.07, 6.45) is 8.03. The molecule has 1 saturated carbocycles. The van der Waals surface area contributed by atoms with E-state index in [2.05, 4.69) is 12.2 Å². The maximum atomic E-state index is 12.4. The number of nitrogens with one attached hydrogen (secondary N) is 1. The van der Waals surface area contributed by atoms with Crippen molar-refractivity contribution in [1.82, 2.24) is 0 Å². The maximum Gasteiger partial charge on any atom is 0.339 e. The van der Waals surface area contributed by atoms with E-state index in [1.807, 2.05) is 0 Å². The first kappa shape index (κ1) is 15.5. The Bertz CT molecular complexity index is 587. The Morgan fingerprint density at radius 2 is 1.91 bits per heavy atom. The van der Waals surface area contributed by atoms with Gasteiger partial charge in [0.1, 0.15) is 5.00 Å². The normalized spacial score (nSPS) is 22.1. The molecule has 0 aliphatic heterocycles. The Morgan fingerprint density at radius 1 is 1.18 bits per heavy atom. The molecule has 5 heteroatoms. The molecule has 120 valence electrons. The zero-order valence-corrected chi connectivity index (χ0v) is 13.8. The molecular weight excluding hydrogens is 298 g/mol. The number of aromatic carboxylic acids is 1. The Hall–Kier alpha value is -1.36. The second-order valence-electron chi connectivity index (χ2n) is 6.69. The maximum absolute atomic E-state index is 12.4. The van der Waals surface area contributed by atoms with E-state index in [4.69, 9.17) is 0 Å². The molecule has 0 spiro atoms. The lowest BCUT2D eigenvalue weighted by molar-refractivity contribution is -0.120. The topological polar surface area (TPSA) is 66.4 Å². The molecule has 0 aromatic carbocycles. The van der Waals surface area contributed by atoms with Crippen LogP contribution in [0.5, 0.6) is 0 Å². The van der Waals surface area contributed by atoms with Gasteiger partial charge in [0.05, 0.1) is 5.56 Å². The molecule has 4 nitrogen and oxygen atoms in total. The van der Waals surface area contributed by atoms with Crippen LogP contribution in [0, 0.1) is 11.8 Å². The van der Waals surface area contributed by atoms with Crippen molar-refractivity contribution in [2.45, 2.75) is 58.3 Å². The average molecular weight is 321 g/mol. The van der Waals surface area contributed by atoms with E-state index in [0.717, 1.165) is 55.4 Å². The standard InChI is InChI=1S/C17H23NO3S/c1-10-7-8-12-13(9-10)22-16(14(12)17(20)21)18-15(19)11-5-3-2-4-6-11/h10-11H,2-9H2,1H3,(H,18,19)(H,20,21). The highest BCUT2D eigenvalue weighted by molar-refractivity contribution is 7.17. The molecule has 22 heavy (non-hydrogen) atoms. The van der Waals surface area contributed by atoms with Crippen molar-refractivity contribution in [1.29, 1.82) is 0 Å². The third kappa shape index (κ3) is 3.05. The lowest BCUT2D eigenvalue weighted by Gasteiger charge is -2.20. The summed E-state index contributed by atoms with van der Waals surface area (Å²) < 4.78 is 0. The number of fused-ring (bicyclic) bond motifs is 1. The monoisotopic (exact) mass is 321 g/mol. The minimum atomic E-state index is -0.911. The van der Waals surface area contributed by atoms with E-state index in [1.54, 1.807) is 0 Å². The molecular formula is C17H23NO3S. The summed E-state index contributed by atoms with van der Waals surface area (Å²) >= 11 is 1.47. The van der Waals surface area contributed by atoms with Crippen molar-refractivity contribution in [2.75, 3.05) is 5.32 Å². The van der Waals surface area contributed by atoms with Crippen molar-refractivity contribution >= 4 is 28.2 Å². The summed E-state index contributed by atoms with van der Waals surface area (Å²) in [5.74, 6) is -0.261.